The summed E-state index contributed by atoms with van der Waals surface area (Å²) < 4.78 is 40.1. The zero-order valence-corrected chi connectivity index (χ0v) is 15.4. The SMILES string of the molecule is Cc1cc(-c2c(C)cc(C(C)(C)C(F)(F)F)cc2C)cc(C)c1C. The van der Waals surface area contributed by atoms with Gasteiger partial charge < -0.3 is 0 Å². The van der Waals surface area contributed by atoms with Gasteiger partial charge in [-0.25, -0.2) is 0 Å². The minimum absolute atomic E-state index is 0.314. The van der Waals surface area contributed by atoms with E-state index in [1.165, 1.54) is 30.5 Å². The van der Waals surface area contributed by atoms with Crippen LogP contribution in [0.15, 0.2) is 24.3 Å². The summed E-state index contributed by atoms with van der Waals surface area (Å²) in [7, 11) is 0. The highest BCUT2D eigenvalue weighted by Gasteiger charge is 2.48. The van der Waals surface area contributed by atoms with Crippen LogP contribution in [0.3, 0.4) is 0 Å². The summed E-state index contributed by atoms with van der Waals surface area (Å²) in [6.07, 6.45) is -4.27. The number of hydrogen-bond donors (Lipinski definition) is 0. The smallest absolute Gasteiger partial charge is 0.170 e. The van der Waals surface area contributed by atoms with E-state index in [9.17, 15) is 13.2 Å². The molecule has 0 fully saturated rings. The van der Waals surface area contributed by atoms with Crippen LogP contribution in [0.1, 0.15) is 47.2 Å². The number of hydrogen-bond acceptors (Lipinski definition) is 0. The Balaban J connectivity index is 2.65. The first-order chi connectivity index (χ1) is 10.9. The summed E-state index contributed by atoms with van der Waals surface area (Å²) in [5.74, 6) is 0. The third-order valence-electron chi connectivity index (χ3n) is 5.18. The van der Waals surface area contributed by atoms with Gasteiger partial charge in [-0.05, 0) is 93.0 Å². The molecule has 0 saturated carbocycles. The second kappa shape index (κ2) is 5.94. The van der Waals surface area contributed by atoms with Crippen LogP contribution in [0.5, 0.6) is 0 Å². The lowest BCUT2D eigenvalue weighted by molar-refractivity contribution is -0.180. The van der Waals surface area contributed by atoms with E-state index >= 15 is 0 Å². The van der Waals surface area contributed by atoms with Crippen LogP contribution in [0.2, 0.25) is 0 Å². The maximum absolute atomic E-state index is 13.4. The van der Waals surface area contributed by atoms with Crippen LogP contribution in [0.25, 0.3) is 11.1 Å². The van der Waals surface area contributed by atoms with E-state index in [2.05, 4.69) is 32.9 Å². The Kier molecular flexibility index (Phi) is 4.60. The lowest BCUT2D eigenvalue weighted by Crippen LogP contribution is -2.36. The molecule has 0 heterocycles. The molecule has 0 saturated heterocycles. The Morgan fingerprint density at radius 2 is 1.08 bits per heavy atom. The molecule has 0 aliphatic carbocycles. The number of halogens is 3. The highest BCUT2D eigenvalue weighted by Crippen LogP contribution is 2.42. The quantitative estimate of drug-likeness (QED) is 0.571. The van der Waals surface area contributed by atoms with E-state index in [1.807, 2.05) is 13.8 Å². The van der Waals surface area contributed by atoms with Crippen LogP contribution in [0.4, 0.5) is 13.2 Å². The fourth-order valence-corrected chi connectivity index (χ4v) is 3.12. The molecule has 2 aromatic rings. The van der Waals surface area contributed by atoms with E-state index in [-0.39, 0.29) is 0 Å². The summed E-state index contributed by atoms with van der Waals surface area (Å²) in [6, 6.07) is 7.60. The Morgan fingerprint density at radius 3 is 1.46 bits per heavy atom. The van der Waals surface area contributed by atoms with Gasteiger partial charge in [0.2, 0.25) is 0 Å². The lowest BCUT2D eigenvalue weighted by atomic mass is 9.80. The highest BCUT2D eigenvalue weighted by atomic mass is 19.4. The van der Waals surface area contributed by atoms with Crippen molar-refractivity contribution in [2.75, 3.05) is 0 Å². The van der Waals surface area contributed by atoms with Gasteiger partial charge in [0.1, 0.15) is 0 Å². The zero-order valence-electron chi connectivity index (χ0n) is 15.4. The Morgan fingerprint density at radius 1 is 0.667 bits per heavy atom. The molecule has 130 valence electrons. The maximum Gasteiger partial charge on any atom is 0.397 e. The Labute approximate surface area is 142 Å². The Hall–Kier alpha value is -1.77. The van der Waals surface area contributed by atoms with Crippen LogP contribution in [0, 0.1) is 34.6 Å². The van der Waals surface area contributed by atoms with Gasteiger partial charge in [0, 0.05) is 0 Å². The first kappa shape index (κ1) is 18.6. The molecule has 0 bridgehead atoms. The van der Waals surface area contributed by atoms with Gasteiger partial charge in [0.25, 0.3) is 0 Å². The van der Waals surface area contributed by atoms with Crippen molar-refractivity contribution in [2.45, 2.75) is 60.1 Å². The van der Waals surface area contributed by atoms with Crippen LogP contribution < -0.4 is 0 Å². The van der Waals surface area contributed by atoms with Crippen LogP contribution in [-0.2, 0) is 5.41 Å². The van der Waals surface area contributed by atoms with Gasteiger partial charge in [0.15, 0.2) is 0 Å². The topological polar surface area (TPSA) is 0 Å². The van der Waals surface area contributed by atoms with E-state index in [0.29, 0.717) is 5.56 Å². The number of benzene rings is 2. The third-order valence-corrected chi connectivity index (χ3v) is 5.18. The summed E-state index contributed by atoms with van der Waals surface area (Å²) in [6.45, 7) is 12.5. The Bertz CT molecular complexity index is 734. The normalized spacial score (nSPS) is 12.6. The molecule has 2 rings (SSSR count). The van der Waals surface area contributed by atoms with E-state index in [1.54, 1.807) is 12.1 Å². The third kappa shape index (κ3) is 3.09. The van der Waals surface area contributed by atoms with Gasteiger partial charge in [-0.15, -0.1) is 0 Å². The number of alkyl halides is 3. The monoisotopic (exact) mass is 334 g/mol. The first-order valence-electron chi connectivity index (χ1n) is 8.13. The average Bonchev–Trinajstić information content (AvgIpc) is 2.42. The molecular weight excluding hydrogens is 309 g/mol. The van der Waals surface area contributed by atoms with Crippen molar-refractivity contribution in [1.82, 2.24) is 0 Å². The van der Waals surface area contributed by atoms with E-state index < -0.39 is 11.6 Å². The minimum Gasteiger partial charge on any atom is -0.170 e. The van der Waals surface area contributed by atoms with Crippen molar-refractivity contribution in [3.8, 4) is 11.1 Å². The average molecular weight is 334 g/mol. The molecule has 0 aliphatic rings. The fourth-order valence-electron chi connectivity index (χ4n) is 3.12. The second-order valence-corrected chi connectivity index (χ2v) is 7.34. The molecule has 2 aromatic carbocycles. The maximum atomic E-state index is 13.4. The van der Waals surface area contributed by atoms with Crippen molar-refractivity contribution in [2.24, 2.45) is 0 Å². The van der Waals surface area contributed by atoms with Crippen LogP contribution in [-0.4, -0.2) is 6.18 Å². The summed E-state index contributed by atoms with van der Waals surface area (Å²) in [5, 5.41) is 0. The van der Waals surface area contributed by atoms with Crippen molar-refractivity contribution in [3.05, 3.63) is 57.6 Å². The predicted octanol–water partition coefficient (Wildman–Crippen LogP) is 6.74. The van der Waals surface area contributed by atoms with Crippen molar-refractivity contribution < 1.29 is 13.2 Å². The molecule has 0 aliphatic heterocycles. The number of aryl methyl sites for hydroxylation is 4. The molecule has 0 atom stereocenters. The predicted molar refractivity (Wildman–Crippen MR) is 94.6 cm³/mol. The molecule has 0 N–H and O–H groups in total. The molecule has 0 spiro atoms. The minimum atomic E-state index is -4.27. The lowest BCUT2D eigenvalue weighted by Gasteiger charge is -2.29. The zero-order chi connectivity index (χ0) is 18.4. The molecule has 0 radical (unpaired) electrons. The molecule has 0 aromatic heterocycles. The second-order valence-electron chi connectivity index (χ2n) is 7.34. The molecular formula is C21H25F3. The van der Waals surface area contributed by atoms with Crippen molar-refractivity contribution >= 4 is 0 Å². The summed E-state index contributed by atoms with van der Waals surface area (Å²) >= 11 is 0. The largest absolute Gasteiger partial charge is 0.397 e. The first-order valence-corrected chi connectivity index (χ1v) is 8.13. The highest BCUT2D eigenvalue weighted by molar-refractivity contribution is 5.73. The molecule has 0 unspecified atom stereocenters. The molecule has 0 amide bonds. The fraction of sp³-hybridized carbons (Fsp3) is 0.429. The summed E-state index contributed by atoms with van der Waals surface area (Å²) in [5.41, 5.74) is 5.96. The van der Waals surface area contributed by atoms with Gasteiger partial charge in [-0.2, -0.15) is 13.2 Å². The van der Waals surface area contributed by atoms with E-state index in [4.69, 9.17) is 0 Å². The van der Waals surface area contributed by atoms with Crippen LogP contribution >= 0.6 is 0 Å². The van der Waals surface area contributed by atoms with Crippen molar-refractivity contribution in [3.63, 3.8) is 0 Å². The van der Waals surface area contributed by atoms with Gasteiger partial charge >= 0.3 is 6.18 Å². The standard InChI is InChI=1S/C21H25F3/c1-12-8-17(9-13(2)16(12)5)19-14(3)10-18(11-15(19)4)20(6,7)21(22,23)24/h8-11H,1-7H3. The summed E-state index contributed by atoms with van der Waals surface area (Å²) in [4.78, 5) is 0. The number of rotatable bonds is 2. The molecule has 24 heavy (non-hydrogen) atoms. The molecule has 3 heteroatoms. The van der Waals surface area contributed by atoms with Gasteiger partial charge in [-0.3, -0.25) is 0 Å². The van der Waals surface area contributed by atoms with Gasteiger partial charge in [-0.1, -0.05) is 24.3 Å². The van der Waals surface area contributed by atoms with E-state index in [0.717, 1.165) is 22.3 Å². The van der Waals surface area contributed by atoms with Gasteiger partial charge in [0.05, 0.1) is 5.41 Å². The van der Waals surface area contributed by atoms with Crippen molar-refractivity contribution in [1.29, 1.82) is 0 Å². The molecule has 0 nitrogen and oxygen atoms in total.